The van der Waals surface area contributed by atoms with Crippen molar-refractivity contribution in [2.75, 3.05) is 0 Å². The van der Waals surface area contributed by atoms with Crippen LogP contribution >= 0.6 is 0 Å². The summed E-state index contributed by atoms with van der Waals surface area (Å²) in [5.74, 6) is 0. The molecule has 0 heterocycles. The van der Waals surface area contributed by atoms with E-state index in [4.69, 9.17) is 5.11 Å². The molecular formula is C20H24O2. The van der Waals surface area contributed by atoms with E-state index in [9.17, 15) is 5.11 Å². The highest BCUT2D eigenvalue weighted by Crippen LogP contribution is 2.12. The Morgan fingerprint density at radius 1 is 0.818 bits per heavy atom. The van der Waals surface area contributed by atoms with Crippen LogP contribution in [0.5, 0.6) is 0 Å². The molecule has 22 heavy (non-hydrogen) atoms. The summed E-state index contributed by atoms with van der Waals surface area (Å²) in [7, 11) is 0. The van der Waals surface area contributed by atoms with Crippen molar-refractivity contribution < 1.29 is 10.2 Å². The largest absolute Gasteiger partial charge is 0.390 e. The van der Waals surface area contributed by atoms with E-state index in [0.29, 0.717) is 0 Å². The zero-order valence-corrected chi connectivity index (χ0v) is 13.1. The molecule has 0 saturated heterocycles. The van der Waals surface area contributed by atoms with Crippen molar-refractivity contribution in [3.8, 4) is 0 Å². The summed E-state index contributed by atoms with van der Waals surface area (Å²) in [6.45, 7) is 3.54. The van der Waals surface area contributed by atoms with Crippen LogP contribution < -0.4 is 0 Å². The quantitative estimate of drug-likeness (QED) is 0.742. The zero-order valence-electron chi connectivity index (χ0n) is 13.1. The number of allylic oxidation sites excluding steroid dienone is 7. The summed E-state index contributed by atoms with van der Waals surface area (Å²) in [5.41, 5.74) is 2.30. The van der Waals surface area contributed by atoms with E-state index in [0.717, 1.165) is 11.1 Å². The van der Waals surface area contributed by atoms with Crippen LogP contribution in [0.4, 0.5) is 0 Å². The van der Waals surface area contributed by atoms with Crippen LogP contribution in [0.15, 0.2) is 72.9 Å². The van der Waals surface area contributed by atoms with Gasteiger partial charge in [-0.25, -0.2) is 0 Å². The third-order valence-electron chi connectivity index (χ3n) is 2.99. The van der Waals surface area contributed by atoms with Gasteiger partial charge in [-0.1, -0.05) is 85.0 Å². The van der Waals surface area contributed by atoms with Crippen LogP contribution in [0.2, 0.25) is 0 Å². The number of aliphatic hydroxyl groups is 2. The topological polar surface area (TPSA) is 40.5 Å². The van der Waals surface area contributed by atoms with Crippen molar-refractivity contribution >= 4 is 12.2 Å². The Bertz CT molecular complexity index is 575. The van der Waals surface area contributed by atoms with Crippen molar-refractivity contribution in [1.82, 2.24) is 0 Å². The fraction of sp³-hybridized carbons (Fsp3) is 0.200. The normalized spacial score (nSPS) is 15.8. The number of hydrogen-bond donors (Lipinski definition) is 2. The molecule has 0 spiro atoms. The zero-order chi connectivity index (χ0) is 16.2. The summed E-state index contributed by atoms with van der Waals surface area (Å²) in [6, 6.07) is 8.16. The van der Waals surface area contributed by atoms with Gasteiger partial charge in [0.15, 0.2) is 0 Å². The highest BCUT2D eigenvalue weighted by Gasteiger charge is 2.04. The Hall–Kier alpha value is -2.16. The summed E-state index contributed by atoms with van der Waals surface area (Å²) >= 11 is 0. The predicted octanol–water partition coefficient (Wildman–Crippen LogP) is 4.14. The molecular weight excluding hydrogens is 272 g/mol. The number of hydrogen-bond acceptors (Lipinski definition) is 2. The van der Waals surface area contributed by atoms with Gasteiger partial charge < -0.3 is 10.2 Å². The predicted molar refractivity (Wildman–Crippen MR) is 95.3 cm³/mol. The lowest BCUT2D eigenvalue weighted by atomic mass is 10.1. The van der Waals surface area contributed by atoms with Crippen molar-refractivity contribution in [2.24, 2.45) is 0 Å². The minimum atomic E-state index is -0.828. The van der Waals surface area contributed by atoms with Crippen molar-refractivity contribution in [3.63, 3.8) is 0 Å². The summed E-state index contributed by atoms with van der Waals surface area (Å²) in [5, 5.41) is 18.5. The highest BCUT2D eigenvalue weighted by molar-refractivity contribution is 5.66. The van der Waals surface area contributed by atoms with Gasteiger partial charge in [-0.2, -0.15) is 0 Å². The van der Waals surface area contributed by atoms with Crippen molar-refractivity contribution in [2.45, 2.75) is 26.1 Å². The van der Waals surface area contributed by atoms with E-state index in [1.165, 1.54) is 0 Å². The highest BCUT2D eigenvalue weighted by atomic mass is 16.3. The Labute approximate surface area is 133 Å². The van der Waals surface area contributed by atoms with Gasteiger partial charge in [-0.05, 0) is 25.0 Å². The van der Waals surface area contributed by atoms with Crippen LogP contribution in [-0.2, 0) is 0 Å². The maximum absolute atomic E-state index is 9.40. The average molecular weight is 296 g/mol. The van der Waals surface area contributed by atoms with E-state index in [1.54, 1.807) is 19.1 Å². The van der Waals surface area contributed by atoms with Crippen LogP contribution in [0.25, 0.3) is 12.2 Å². The maximum Gasteiger partial charge on any atom is 0.0980 e. The van der Waals surface area contributed by atoms with Gasteiger partial charge in [0.05, 0.1) is 12.2 Å². The monoisotopic (exact) mass is 296 g/mol. The van der Waals surface area contributed by atoms with Crippen LogP contribution in [0.1, 0.15) is 25.0 Å². The first kappa shape index (κ1) is 17.9. The van der Waals surface area contributed by atoms with Crippen LogP contribution in [0, 0.1) is 0 Å². The van der Waals surface area contributed by atoms with Crippen molar-refractivity contribution in [3.05, 3.63) is 84.0 Å². The molecule has 1 rings (SSSR count). The molecule has 2 atom stereocenters. The molecule has 2 N–H and O–H groups in total. The minimum Gasteiger partial charge on any atom is -0.390 e. The third kappa shape index (κ3) is 7.02. The molecule has 0 fully saturated rings. The Kier molecular flexibility index (Phi) is 8.58. The number of benzene rings is 1. The Morgan fingerprint density at radius 2 is 1.36 bits per heavy atom. The number of rotatable bonds is 7. The van der Waals surface area contributed by atoms with Gasteiger partial charge >= 0.3 is 0 Å². The molecule has 0 amide bonds. The molecule has 1 aromatic rings. The Morgan fingerprint density at radius 3 is 1.91 bits per heavy atom. The van der Waals surface area contributed by atoms with Gasteiger partial charge in [0, 0.05) is 0 Å². The molecule has 116 valence electrons. The van der Waals surface area contributed by atoms with E-state index in [-0.39, 0.29) is 0 Å². The van der Waals surface area contributed by atoms with Gasteiger partial charge in [0.25, 0.3) is 0 Å². The molecule has 0 bridgehead atoms. The fourth-order valence-corrected chi connectivity index (χ4v) is 1.71. The van der Waals surface area contributed by atoms with E-state index >= 15 is 0 Å². The Balaban J connectivity index is 2.67. The third-order valence-corrected chi connectivity index (χ3v) is 2.99. The summed E-state index contributed by atoms with van der Waals surface area (Å²) in [6.07, 6.45) is 17.5. The molecule has 0 aromatic heterocycles. The first-order chi connectivity index (χ1) is 10.6. The molecule has 0 radical (unpaired) electrons. The average Bonchev–Trinajstić information content (AvgIpc) is 2.51. The second kappa shape index (κ2) is 10.6. The van der Waals surface area contributed by atoms with E-state index in [1.807, 2.05) is 61.6 Å². The van der Waals surface area contributed by atoms with Gasteiger partial charge in [0.1, 0.15) is 0 Å². The lowest BCUT2D eigenvalue weighted by molar-refractivity contribution is 0.0619. The second-order valence-corrected chi connectivity index (χ2v) is 4.87. The second-order valence-electron chi connectivity index (χ2n) is 4.87. The van der Waals surface area contributed by atoms with Crippen LogP contribution in [0.3, 0.4) is 0 Å². The molecule has 2 nitrogen and oxygen atoms in total. The molecule has 2 unspecified atom stereocenters. The summed E-state index contributed by atoms with van der Waals surface area (Å²) in [4.78, 5) is 0. The first-order valence-electron chi connectivity index (χ1n) is 7.41. The molecule has 0 aliphatic rings. The molecule has 0 saturated carbocycles. The van der Waals surface area contributed by atoms with Gasteiger partial charge in [-0.15, -0.1) is 0 Å². The lowest BCUT2D eigenvalue weighted by Gasteiger charge is -2.06. The summed E-state index contributed by atoms with van der Waals surface area (Å²) < 4.78 is 0. The fourth-order valence-electron chi connectivity index (χ4n) is 1.71. The molecule has 2 heteroatoms. The maximum atomic E-state index is 9.40. The molecule has 1 aromatic carbocycles. The van der Waals surface area contributed by atoms with Crippen LogP contribution in [-0.4, -0.2) is 22.4 Å². The van der Waals surface area contributed by atoms with Crippen molar-refractivity contribution in [1.29, 1.82) is 0 Å². The SMILES string of the molecule is C/C=C/C=C/c1ccccc1\C=C/C=C/C=C/C(O)C(C)O. The molecule has 0 aliphatic heterocycles. The smallest absolute Gasteiger partial charge is 0.0980 e. The first-order valence-corrected chi connectivity index (χ1v) is 7.41. The molecule has 0 aliphatic carbocycles. The van der Waals surface area contributed by atoms with E-state index < -0.39 is 12.2 Å². The van der Waals surface area contributed by atoms with E-state index in [2.05, 4.69) is 18.2 Å². The lowest BCUT2D eigenvalue weighted by Crippen LogP contribution is -2.19. The standard InChI is InChI=1S/C20H24O2/c1-3-4-7-12-18-14-10-11-15-19(18)13-8-5-6-9-16-20(22)17(2)21/h3-17,20-22H,1-2H3/b4-3+,6-5+,12-7+,13-8-,16-9+. The van der Waals surface area contributed by atoms with Gasteiger partial charge in [0.2, 0.25) is 0 Å². The number of aliphatic hydroxyl groups excluding tert-OH is 2. The minimum absolute atomic E-state index is 0.754. The van der Waals surface area contributed by atoms with Gasteiger partial charge in [-0.3, -0.25) is 0 Å².